The highest BCUT2D eigenvalue weighted by Crippen LogP contribution is 2.10. The van der Waals surface area contributed by atoms with Crippen LogP contribution in [0.5, 0.6) is 0 Å². The molecule has 0 spiro atoms. The summed E-state index contributed by atoms with van der Waals surface area (Å²) in [4.78, 5) is 25.4. The molecule has 2 aromatic rings. The third-order valence-electron chi connectivity index (χ3n) is 3.42. The third-order valence-corrected chi connectivity index (χ3v) is 3.42. The molecule has 2 amide bonds. The molecule has 0 aromatic heterocycles. The SMILES string of the molecule is C#Cc1cccc(NC(=O)CN(C)C(=O)Cc2ccccc2F)c1. The second-order valence-corrected chi connectivity index (χ2v) is 5.29. The van der Waals surface area contributed by atoms with E-state index in [2.05, 4.69) is 11.2 Å². The quantitative estimate of drug-likeness (QED) is 0.859. The summed E-state index contributed by atoms with van der Waals surface area (Å²) in [5.41, 5.74) is 1.51. The smallest absolute Gasteiger partial charge is 0.243 e. The van der Waals surface area contributed by atoms with E-state index in [9.17, 15) is 14.0 Å². The Morgan fingerprint density at radius 3 is 2.67 bits per heavy atom. The maximum absolute atomic E-state index is 13.6. The second kappa shape index (κ2) is 7.93. The zero-order chi connectivity index (χ0) is 17.5. The Hall–Kier alpha value is -3.13. The maximum atomic E-state index is 13.6. The van der Waals surface area contributed by atoms with Gasteiger partial charge in [0.1, 0.15) is 5.82 Å². The summed E-state index contributed by atoms with van der Waals surface area (Å²) in [5.74, 6) is 1.35. The minimum atomic E-state index is -0.435. The first-order chi connectivity index (χ1) is 11.5. The van der Waals surface area contributed by atoms with Crippen LogP contribution in [0.1, 0.15) is 11.1 Å². The Labute approximate surface area is 140 Å². The number of halogens is 1. The van der Waals surface area contributed by atoms with E-state index in [1.807, 2.05) is 0 Å². The van der Waals surface area contributed by atoms with Crippen molar-refractivity contribution in [3.63, 3.8) is 0 Å². The molecule has 0 unspecified atom stereocenters. The van der Waals surface area contributed by atoms with Crippen molar-refractivity contribution in [2.24, 2.45) is 0 Å². The van der Waals surface area contributed by atoms with Crippen molar-refractivity contribution >= 4 is 17.5 Å². The van der Waals surface area contributed by atoms with Gasteiger partial charge in [-0.15, -0.1) is 6.42 Å². The maximum Gasteiger partial charge on any atom is 0.243 e. The van der Waals surface area contributed by atoms with Crippen LogP contribution in [-0.2, 0) is 16.0 Å². The normalized spacial score (nSPS) is 9.88. The molecule has 0 saturated heterocycles. The lowest BCUT2D eigenvalue weighted by Gasteiger charge is -2.17. The van der Waals surface area contributed by atoms with E-state index in [4.69, 9.17) is 6.42 Å². The first kappa shape index (κ1) is 17.2. The van der Waals surface area contributed by atoms with Gasteiger partial charge in [-0.1, -0.05) is 30.2 Å². The fourth-order valence-electron chi connectivity index (χ4n) is 2.13. The van der Waals surface area contributed by atoms with Crippen molar-refractivity contribution in [3.05, 3.63) is 65.5 Å². The average molecular weight is 324 g/mol. The fraction of sp³-hybridized carbons (Fsp3) is 0.158. The third kappa shape index (κ3) is 4.68. The molecule has 0 aliphatic heterocycles. The van der Waals surface area contributed by atoms with Crippen molar-refractivity contribution in [1.82, 2.24) is 4.90 Å². The highest BCUT2D eigenvalue weighted by Gasteiger charge is 2.15. The summed E-state index contributed by atoms with van der Waals surface area (Å²) >= 11 is 0. The first-order valence-corrected chi connectivity index (χ1v) is 7.33. The van der Waals surface area contributed by atoms with Gasteiger partial charge in [0.2, 0.25) is 11.8 Å². The van der Waals surface area contributed by atoms with Crippen LogP contribution >= 0.6 is 0 Å². The molecule has 24 heavy (non-hydrogen) atoms. The summed E-state index contributed by atoms with van der Waals surface area (Å²) in [6.45, 7) is -0.131. The molecule has 1 N–H and O–H groups in total. The van der Waals surface area contributed by atoms with Gasteiger partial charge < -0.3 is 10.2 Å². The predicted molar refractivity (Wildman–Crippen MR) is 90.7 cm³/mol. The van der Waals surface area contributed by atoms with Crippen LogP contribution in [0.4, 0.5) is 10.1 Å². The van der Waals surface area contributed by atoms with Crippen molar-refractivity contribution < 1.29 is 14.0 Å². The van der Waals surface area contributed by atoms with Crippen LogP contribution in [-0.4, -0.2) is 30.3 Å². The number of hydrogen-bond donors (Lipinski definition) is 1. The molecule has 0 saturated carbocycles. The minimum Gasteiger partial charge on any atom is -0.336 e. The molecule has 0 fully saturated rings. The predicted octanol–water partition coefficient (Wildman–Crippen LogP) is 2.45. The first-order valence-electron chi connectivity index (χ1n) is 7.33. The lowest BCUT2D eigenvalue weighted by molar-refractivity contribution is -0.132. The largest absolute Gasteiger partial charge is 0.336 e. The molecule has 122 valence electrons. The van der Waals surface area contributed by atoms with E-state index >= 15 is 0 Å². The highest BCUT2D eigenvalue weighted by atomic mass is 19.1. The minimum absolute atomic E-state index is 0.0942. The lowest BCUT2D eigenvalue weighted by atomic mass is 10.1. The van der Waals surface area contributed by atoms with E-state index in [0.29, 0.717) is 16.8 Å². The van der Waals surface area contributed by atoms with E-state index in [-0.39, 0.29) is 24.8 Å². The number of carbonyl (C=O) groups excluding carboxylic acids is 2. The van der Waals surface area contributed by atoms with Crippen LogP contribution in [0.3, 0.4) is 0 Å². The number of terminal acetylenes is 1. The van der Waals surface area contributed by atoms with Crippen molar-refractivity contribution in [1.29, 1.82) is 0 Å². The number of anilines is 1. The summed E-state index contributed by atoms with van der Waals surface area (Å²) in [5, 5.41) is 2.68. The van der Waals surface area contributed by atoms with E-state index in [1.54, 1.807) is 42.5 Å². The number of likely N-dealkylation sites (N-methyl/N-ethyl adjacent to an activating group) is 1. The molecule has 4 nitrogen and oxygen atoms in total. The summed E-state index contributed by atoms with van der Waals surface area (Å²) in [6, 6.07) is 12.9. The Morgan fingerprint density at radius 1 is 1.21 bits per heavy atom. The molecule has 5 heteroatoms. The Balaban J connectivity index is 1.92. The van der Waals surface area contributed by atoms with Gasteiger partial charge in [0, 0.05) is 18.3 Å². The number of benzene rings is 2. The number of carbonyl (C=O) groups is 2. The molecule has 0 bridgehead atoms. The van der Waals surface area contributed by atoms with Gasteiger partial charge in [-0.3, -0.25) is 9.59 Å². The van der Waals surface area contributed by atoms with Crippen molar-refractivity contribution in [3.8, 4) is 12.3 Å². The van der Waals surface area contributed by atoms with E-state index in [0.717, 1.165) is 0 Å². The summed E-state index contributed by atoms with van der Waals surface area (Å²) in [7, 11) is 1.50. The second-order valence-electron chi connectivity index (χ2n) is 5.29. The van der Waals surface area contributed by atoms with E-state index < -0.39 is 5.82 Å². The van der Waals surface area contributed by atoms with E-state index in [1.165, 1.54) is 18.0 Å². The monoisotopic (exact) mass is 324 g/mol. The molecular weight excluding hydrogens is 307 g/mol. The molecule has 2 aromatic carbocycles. The number of nitrogens with one attached hydrogen (secondary N) is 1. The van der Waals surface area contributed by atoms with Gasteiger partial charge in [0.05, 0.1) is 13.0 Å². The topological polar surface area (TPSA) is 49.4 Å². The molecule has 0 atom stereocenters. The van der Waals surface area contributed by atoms with Crippen molar-refractivity contribution in [2.45, 2.75) is 6.42 Å². The zero-order valence-corrected chi connectivity index (χ0v) is 13.3. The Bertz CT molecular complexity index is 796. The van der Waals surface area contributed by atoms with Gasteiger partial charge in [0.15, 0.2) is 0 Å². The highest BCUT2D eigenvalue weighted by molar-refractivity contribution is 5.94. The van der Waals surface area contributed by atoms with Crippen molar-refractivity contribution in [2.75, 3.05) is 18.9 Å². The van der Waals surface area contributed by atoms with Gasteiger partial charge in [-0.2, -0.15) is 0 Å². The number of nitrogens with zero attached hydrogens (tertiary/aromatic N) is 1. The summed E-state index contributed by atoms with van der Waals surface area (Å²) < 4.78 is 13.6. The average Bonchev–Trinajstić information content (AvgIpc) is 2.56. The van der Waals surface area contributed by atoms with Gasteiger partial charge in [-0.25, -0.2) is 4.39 Å². The molecule has 0 aliphatic carbocycles. The van der Waals surface area contributed by atoms with Gasteiger partial charge in [0.25, 0.3) is 0 Å². The Morgan fingerprint density at radius 2 is 1.96 bits per heavy atom. The summed E-state index contributed by atoms with van der Waals surface area (Å²) in [6.07, 6.45) is 5.22. The number of amides is 2. The Kier molecular flexibility index (Phi) is 5.69. The zero-order valence-electron chi connectivity index (χ0n) is 13.3. The van der Waals surface area contributed by atoms with Crippen LogP contribution in [0, 0.1) is 18.2 Å². The molecule has 0 heterocycles. The van der Waals surface area contributed by atoms with Crippen LogP contribution in [0.25, 0.3) is 0 Å². The number of rotatable bonds is 5. The van der Waals surface area contributed by atoms with Gasteiger partial charge >= 0.3 is 0 Å². The molecular formula is C19H17FN2O2. The molecule has 2 rings (SSSR count). The van der Waals surface area contributed by atoms with Gasteiger partial charge in [-0.05, 0) is 29.8 Å². The van der Waals surface area contributed by atoms with Crippen LogP contribution in [0.2, 0.25) is 0 Å². The van der Waals surface area contributed by atoms with Crippen LogP contribution in [0.15, 0.2) is 48.5 Å². The lowest BCUT2D eigenvalue weighted by Crippen LogP contribution is -2.35. The fourth-order valence-corrected chi connectivity index (χ4v) is 2.13. The molecule has 0 radical (unpaired) electrons. The van der Waals surface area contributed by atoms with Crippen LogP contribution < -0.4 is 5.32 Å². The molecule has 0 aliphatic rings. The standard InChI is InChI=1S/C19H17FN2O2/c1-3-14-7-6-9-16(11-14)21-18(23)13-22(2)19(24)12-15-8-4-5-10-17(15)20/h1,4-11H,12-13H2,2H3,(H,21,23). The number of hydrogen-bond acceptors (Lipinski definition) is 2.